The fourth-order valence-corrected chi connectivity index (χ4v) is 4.11. The molecule has 0 heterocycles. The van der Waals surface area contributed by atoms with E-state index < -0.39 is 0 Å². The van der Waals surface area contributed by atoms with Crippen molar-refractivity contribution in [3.63, 3.8) is 0 Å². The van der Waals surface area contributed by atoms with Gasteiger partial charge in [-0.2, -0.15) is 0 Å². The first-order chi connectivity index (χ1) is 16.8. The highest BCUT2D eigenvalue weighted by Gasteiger charge is 2.09. The molecule has 0 aromatic rings. The van der Waals surface area contributed by atoms with Gasteiger partial charge in [0.1, 0.15) is 0 Å². The van der Waals surface area contributed by atoms with E-state index in [2.05, 4.69) is 19.9 Å². The molecule has 0 amide bonds. The summed E-state index contributed by atoms with van der Waals surface area (Å²) in [5.41, 5.74) is 0. The van der Waals surface area contributed by atoms with E-state index in [1.54, 1.807) is 13.4 Å². The lowest BCUT2D eigenvalue weighted by Gasteiger charge is -2.19. The van der Waals surface area contributed by atoms with Gasteiger partial charge in [-0.25, -0.2) is 0 Å². The Morgan fingerprint density at radius 2 is 1.03 bits per heavy atom. The Balaban J connectivity index is 3.79. The van der Waals surface area contributed by atoms with Crippen LogP contribution in [-0.2, 0) is 18.9 Å². The van der Waals surface area contributed by atoms with Crippen LogP contribution in [0.3, 0.4) is 0 Å². The Kier molecular flexibility index (Phi) is 29.9. The first-order valence-electron chi connectivity index (χ1n) is 14.8. The van der Waals surface area contributed by atoms with Crippen molar-refractivity contribution in [2.24, 2.45) is 0 Å². The van der Waals surface area contributed by atoms with Crippen LogP contribution >= 0.6 is 0 Å². The molecule has 0 aliphatic heterocycles. The minimum atomic E-state index is 0.0124. The molecule has 0 rings (SSSR count). The minimum Gasteiger partial charge on any atom is -0.476 e. The van der Waals surface area contributed by atoms with Gasteiger partial charge in [0.15, 0.2) is 13.1 Å². The number of ether oxygens (including phenoxy) is 4. The van der Waals surface area contributed by atoms with Crippen LogP contribution in [-0.4, -0.2) is 33.4 Å². The molecule has 0 radical (unpaired) electrons. The van der Waals surface area contributed by atoms with Gasteiger partial charge in [0.25, 0.3) is 0 Å². The van der Waals surface area contributed by atoms with Gasteiger partial charge in [-0.1, -0.05) is 110 Å². The standard InChI is InChI=1S/C30H60O4/c1-4-6-8-10-19-23-27-33-30(34-28-24-20-11-9-7-5-2)25-21-17-15-13-12-14-16-18-22-26-32-29-31-3/h22,26,30H,4-21,23-25,27-29H2,1-3H3. The van der Waals surface area contributed by atoms with E-state index in [4.69, 9.17) is 18.9 Å². The third-order valence-corrected chi connectivity index (χ3v) is 6.29. The molecule has 0 fully saturated rings. The molecule has 0 aliphatic carbocycles. The quantitative estimate of drug-likeness (QED) is 0.0601. The van der Waals surface area contributed by atoms with E-state index in [0.717, 1.165) is 26.1 Å². The van der Waals surface area contributed by atoms with Crippen molar-refractivity contribution in [1.29, 1.82) is 0 Å². The number of hydrogen-bond donors (Lipinski definition) is 0. The van der Waals surface area contributed by atoms with Gasteiger partial charge in [-0.3, -0.25) is 0 Å². The van der Waals surface area contributed by atoms with Crippen LogP contribution in [0.1, 0.15) is 149 Å². The number of hydrogen-bond acceptors (Lipinski definition) is 4. The van der Waals surface area contributed by atoms with Crippen LogP contribution in [0.4, 0.5) is 0 Å². The second-order valence-corrected chi connectivity index (χ2v) is 9.70. The van der Waals surface area contributed by atoms with Crippen LogP contribution in [0.2, 0.25) is 0 Å². The summed E-state index contributed by atoms with van der Waals surface area (Å²) >= 11 is 0. The van der Waals surface area contributed by atoms with E-state index in [1.807, 2.05) is 0 Å². The lowest BCUT2D eigenvalue weighted by molar-refractivity contribution is -0.148. The van der Waals surface area contributed by atoms with Crippen LogP contribution in [0, 0.1) is 0 Å². The molecule has 0 saturated carbocycles. The van der Waals surface area contributed by atoms with E-state index in [0.29, 0.717) is 6.79 Å². The summed E-state index contributed by atoms with van der Waals surface area (Å²) in [6.45, 7) is 6.60. The molecule has 34 heavy (non-hydrogen) atoms. The van der Waals surface area contributed by atoms with Gasteiger partial charge in [-0.05, 0) is 44.6 Å². The second-order valence-electron chi connectivity index (χ2n) is 9.70. The summed E-state index contributed by atoms with van der Waals surface area (Å²) in [4.78, 5) is 0. The Morgan fingerprint density at radius 3 is 1.56 bits per heavy atom. The molecule has 0 atom stereocenters. The van der Waals surface area contributed by atoms with Crippen molar-refractivity contribution >= 4 is 0 Å². The normalized spacial score (nSPS) is 11.8. The summed E-state index contributed by atoms with van der Waals surface area (Å²) < 4.78 is 22.3. The smallest absolute Gasteiger partial charge is 0.187 e. The zero-order valence-corrected chi connectivity index (χ0v) is 23.3. The zero-order chi connectivity index (χ0) is 24.8. The van der Waals surface area contributed by atoms with Crippen molar-refractivity contribution < 1.29 is 18.9 Å². The second kappa shape index (κ2) is 30.5. The molecule has 4 nitrogen and oxygen atoms in total. The van der Waals surface area contributed by atoms with Gasteiger partial charge in [0, 0.05) is 20.3 Å². The van der Waals surface area contributed by atoms with Crippen molar-refractivity contribution in [1.82, 2.24) is 0 Å². The Hall–Kier alpha value is -0.580. The van der Waals surface area contributed by atoms with Gasteiger partial charge >= 0.3 is 0 Å². The highest BCUT2D eigenvalue weighted by molar-refractivity contribution is 4.72. The van der Waals surface area contributed by atoms with E-state index in [1.165, 1.54) is 122 Å². The maximum atomic E-state index is 6.15. The third kappa shape index (κ3) is 27.7. The fourth-order valence-electron chi connectivity index (χ4n) is 4.11. The number of methoxy groups -OCH3 is 1. The topological polar surface area (TPSA) is 36.9 Å². The van der Waals surface area contributed by atoms with E-state index in [-0.39, 0.29) is 6.29 Å². The lowest BCUT2D eigenvalue weighted by Crippen LogP contribution is -2.19. The number of unbranched alkanes of at least 4 members (excludes halogenated alkanes) is 17. The van der Waals surface area contributed by atoms with Crippen molar-refractivity contribution in [2.45, 2.75) is 155 Å². The highest BCUT2D eigenvalue weighted by atomic mass is 16.7. The SMILES string of the molecule is CCCCCCCCOC(CCCCCCCCCC=COCOC)OCCCCCCCC. The van der Waals surface area contributed by atoms with E-state index in [9.17, 15) is 0 Å². The predicted octanol–water partition coefficient (Wildman–Crippen LogP) is 9.71. The number of allylic oxidation sites excluding steroid dienone is 1. The lowest BCUT2D eigenvalue weighted by atomic mass is 10.1. The van der Waals surface area contributed by atoms with Crippen LogP contribution < -0.4 is 0 Å². The molecule has 0 bridgehead atoms. The predicted molar refractivity (Wildman–Crippen MR) is 146 cm³/mol. The molecular formula is C30H60O4. The van der Waals surface area contributed by atoms with Gasteiger partial charge in [-0.15, -0.1) is 0 Å². The maximum absolute atomic E-state index is 6.15. The molecule has 204 valence electrons. The summed E-state index contributed by atoms with van der Waals surface area (Å²) in [6.07, 6.45) is 30.8. The van der Waals surface area contributed by atoms with Crippen molar-refractivity contribution in [3.8, 4) is 0 Å². The molecule has 0 aromatic heterocycles. The number of rotatable bonds is 29. The average molecular weight is 485 g/mol. The highest BCUT2D eigenvalue weighted by Crippen LogP contribution is 2.15. The third-order valence-electron chi connectivity index (χ3n) is 6.29. The van der Waals surface area contributed by atoms with Crippen molar-refractivity contribution in [3.05, 3.63) is 12.3 Å². The Labute approximate surface area is 213 Å². The monoisotopic (exact) mass is 484 g/mol. The first-order valence-corrected chi connectivity index (χ1v) is 14.8. The molecule has 0 unspecified atom stereocenters. The van der Waals surface area contributed by atoms with E-state index >= 15 is 0 Å². The summed E-state index contributed by atoms with van der Waals surface area (Å²) in [6, 6.07) is 0. The maximum Gasteiger partial charge on any atom is 0.187 e. The molecule has 0 saturated heterocycles. The Bertz CT molecular complexity index is 368. The molecule has 0 spiro atoms. The molecule has 0 aromatic carbocycles. The van der Waals surface area contributed by atoms with Crippen molar-refractivity contribution in [2.75, 3.05) is 27.1 Å². The average Bonchev–Trinajstić information content (AvgIpc) is 2.85. The van der Waals surface area contributed by atoms with Crippen LogP contribution in [0.25, 0.3) is 0 Å². The largest absolute Gasteiger partial charge is 0.476 e. The fraction of sp³-hybridized carbons (Fsp3) is 0.933. The van der Waals surface area contributed by atoms with Gasteiger partial charge < -0.3 is 18.9 Å². The zero-order valence-electron chi connectivity index (χ0n) is 23.3. The summed E-state index contributed by atoms with van der Waals surface area (Å²) in [5.74, 6) is 0. The Morgan fingerprint density at radius 1 is 0.559 bits per heavy atom. The van der Waals surface area contributed by atoms with Gasteiger partial charge in [0.2, 0.25) is 0 Å². The summed E-state index contributed by atoms with van der Waals surface area (Å²) in [5, 5.41) is 0. The van der Waals surface area contributed by atoms with Crippen LogP contribution in [0.5, 0.6) is 0 Å². The molecule has 4 heteroatoms. The molecule has 0 N–H and O–H groups in total. The van der Waals surface area contributed by atoms with Crippen LogP contribution in [0.15, 0.2) is 12.3 Å². The first kappa shape index (κ1) is 33.4. The summed E-state index contributed by atoms with van der Waals surface area (Å²) in [7, 11) is 1.64. The molecular weight excluding hydrogens is 424 g/mol. The molecule has 0 aliphatic rings. The van der Waals surface area contributed by atoms with Gasteiger partial charge in [0.05, 0.1) is 6.26 Å². The minimum absolute atomic E-state index is 0.0124.